The first-order valence-corrected chi connectivity index (χ1v) is 7.41. The molecule has 0 unspecified atom stereocenters. The first-order valence-electron chi connectivity index (χ1n) is 7.41. The zero-order valence-corrected chi connectivity index (χ0v) is 12.8. The zero-order chi connectivity index (χ0) is 15.5. The summed E-state index contributed by atoms with van der Waals surface area (Å²) in [5.41, 5.74) is 2.75. The van der Waals surface area contributed by atoms with Crippen molar-refractivity contribution >= 4 is 16.9 Å². The fourth-order valence-electron chi connectivity index (χ4n) is 2.63. The molecule has 114 valence electrons. The maximum absolute atomic E-state index is 12.0. The largest absolute Gasteiger partial charge is 0.469 e. The van der Waals surface area contributed by atoms with Crippen LogP contribution in [-0.4, -0.2) is 22.0 Å². The second kappa shape index (κ2) is 6.05. The van der Waals surface area contributed by atoms with Crippen molar-refractivity contribution in [2.75, 3.05) is 6.54 Å². The van der Waals surface area contributed by atoms with Gasteiger partial charge in [0, 0.05) is 13.1 Å². The molecule has 1 N–H and O–H groups in total. The lowest BCUT2D eigenvalue weighted by molar-refractivity contribution is 0.0951. The highest BCUT2D eigenvalue weighted by Crippen LogP contribution is 2.15. The molecule has 0 aliphatic heterocycles. The standard InChI is InChI=1S/C17H19N3O2/c1-12-14(8-11-22-12)17(21)18-9-5-10-20-13(2)19-15-6-3-4-7-16(15)20/h3-4,6-8,11H,5,9-10H2,1-2H3,(H,18,21). The molecular weight excluding hydrogens is 278 g/mol. The summed E-state index contributed by atoms with van der Waals surface area (Å²) >= 11 is 0. The number of aryl methyl sites for hydroxylation is 3. The molecule has 5 heteroatoms. The van der Waals surface area contributed by atoms with E-state index in [1.807, 2.05) is 25.1 Å². The minimum atomic E-state index is -0.0848. The zero-order valence-electron chi connectivity index (χ0n) is 12.8. The number of imidazole rings is 1. The molecule has 0 saturated heterocycles. The highest BCUT2D eigenvalue weighted by Gasteiger charge is 2.11. The van der Waals surface area contributed by atoms with Crippen molar-refractivity contribution in [3.8, 4) is 0 Å². The first kappa shape index (κ1) is 14.4. The predicted octanol–water partition coefficient (Wildman–Crippen LogP) is 3.07. The lowest BCUT2D eigenvalue weighted by Crippen LogP contribution is -2.25. The van der Waals surface area contributed by atoms with E-state index in [4.69, 9.17) is 4.42 Å². The Kier molecular flexibility index (Phi) is 3.96. The van der Waals surface area contributed by atoms with Gasteiger partial charge in [0.1, 0.15) is 11.6 Å². The van der Waals surface area contributed by atoms with E-state index in [1.54, 1.807) is 13.0 Å². The third kappa shape index (κ3) is 2.74. The van der Waals surface area contributed by atoms with Crippen LogP contribution in [0.5, 0.6) is 0 Å². The van der Waals surface area contributed by atoms with Crippen LogP contribution in [0.25, 0.3) is 11.0 Å². The minimum absolute atomic E-state index is 0.0848. The summed E-state index contributed by atoms with van der Waals surface area (Å²) < 4.78 is 7.33. The normalized spacial score (nSPS) is 11.0. The number of aromatic nitrogens is 2. The van der Waals surface area contributed by atoms with Gasteiger partial charge in [-0.3, -0.25) is 4.79 Å². The summed E-state index contributed by atoms with van der Waals surface area (Å²) in [5, 5.41) is 2.92. The van der Waals surface area contributed by atoms with Crippen LogP contribution in [0.2, 0.25) is 0 Å². The second-order valence-corrected chi connectivity index (χ2v) is 5.30. The van der Waals surface area contributed by atoms with Gasteiger partial charge in [0.2, 0.25) is 0 Å². The van der Waals surface area contributed by atoms with Crippen molar-refractivity contribution in [1.82, 2.24) is 14.9 Å². The molecule has 22 heavy (non-hydrogen) atoms. The van der Waals surface area contributed by atoms with Crippen molar-refractivity contribution in [1.29, 1.82) is 0 Å². The lowest BCUT2D eigenvalue weighted by Gasteiger charge is -2.08. The second-order valence-electron chi connectivity index (χ2n) is 5.30. The van der Waals surface area contributed by atoms with Crippen LogP contribution in [0.1, 0.15) is 28.4 Å². The molecule has 2 aromatic heterocycles. The molecule has 2 heterocycles. The average molecular weight is 297 g/mol. The number of hydrogen-bond donors (Lipinski definition) is 1. The quantitative estimate of drug-likeness (QED) is 0.736. The summed E-state index contributed by atoms with van der Waals surface area (Å²) in [6.45, 7) is 5.25. The molecule has 1 amide bonds. The first-order chi connectivity index (χ1) is 10.7. The number of nitrogens with zero attached hydrogens (tertiary/aromatic N) is 2. The molecule has 0 atom stereocenters. The fourth-order valence-corrected chi connectivity index (χ4v) is 2.63. The fraction of sp³-hybridized carbons (Fsp3) is 0.294. The Labute approximate surface area is 129 Å². The van der Waals surface area contributed by atoms with E-state index in [0.29, 0.717) is 17.9 Å². The van der Waals surface area contributed by atoms with Crippen LogP contribution < -0.4 is 5.32 Å². The number of benzene rings is 1. The third-order valence-corrected chi connectivity index (χ3v) is 3.79. The Balaban J connectivity index is 1.58. The molecule has 3 rings (SSSR count). The van der Waals surface area contributed by atoms with Crippen LogP contribution in [0.3, 0.4) is 0 Å². The Hall–Kier alpha value is -2.56. The Morgan fingerprint density at radius 1 is 1.27 bits per heavy atom. The number of carbonyl (C=O) groups excluding carboxylic acids is 1. The van der Waals surface area contributed by atoms with Crippen molar-refractivity contribution in [2.45, 2.75) is 26.8 Å². The molecule has 3 aromatic rings. The number of hydrogen-bond acceptors (Lipinski definition) is 3. The highest BCUT2D eigenvalue weighted by molar-refractivity contribution is 5.94. The highest BCUT2D eigenvalue weighted by atomic mass is 16.3. The molecular formula is C17H19N3O2. The molecule has 0 radical (unpaired) electrons. The maximum Gasteiger partial charge on any atom is 0.254 e. The molecule has 0 saturated carbocycles. The average Bonchev–Trinajstić information content (AvgIpc) is 3.07. The van der Waals surface area contributed by atoms with Gasteiger partial charge in [0.15, 0.2) is 0 Å². The van der Waals surface area contributed by atoms with Crippen molar-refractivity contribution in [3.63, 3.8) is 0 Å². The number of furan rings is 1. The Bertz CT molecular complexity index is 801. The monoisotopic (exact) mass is 297 g/mol. The van der Waals surface area contributed by atoms with Crippen molar-refractivity contribution in [2.24, 2.45) is 0 Å². The van der Waals surface area contributed by atoms with Crippen LogP contribution in [0.15, 0.2) is 41.0 Å². The Morgan fingerprint density at radius 3 is 2.86 bits per heavy atom. The predicted molar refractivity (Wildman–Crippen MR) is 84.9 cm³/mol. The Morgan fingerprint density at radius 2 is 2.09 bits per heavy atom. The van der Waals surface area contributed by atoms with Gasteiger partial charge in [0.05, 0.1) is 22.9 Å². The van der Waals surface area contributed by atoms with Gasteiger partial charge < -0.3 is 14.3 Å². The number of rotatable bonds is 5. The molecule has 5 nitrogen and oxygen atoms in total. The van der Waals surface area contributed by atoms with Crippen LogP contribution in [0, 0.1) is 13.8 Å². The third-order valence-electron chi connectivity index (χ3n) is 3.79. The van der Waals surface area contributed by atoms with Gasteiger partial charge in [-0.25, -0.2) is 4.98 Å². The number of fused-ring (bicyclic) bond motifs is 1. The molecule has 0 spiro atoms. The summed E-state index contributed by atoms with van der Waals surface area (Å²) in [4.78, 5) is 16.5. The van der Waals surface area contributed by atoms with Gasteiger partial charge >= 0.3 is 0 Å². The van der Waals surface area contributed by atoms with Crippen molar-refractivity contribution in [3.05, 3.63) is 53.7 Å². The molecule has 0 bridgehead atoms. The van der Waals surface area contributed by atoms with Gasteiger partial charge in [-0.15, -0.1) is 0 Å². The summed E-state index contributed by atoms with van der Waals surface area (Å²) in [7, 11) is 0. The van der Waals surface area contributed by atoms with E-state index in [2.05, 4.69) is 20.9 Å². The van der Waals surface area contributed by atoms with E-state index in [1.165, 1.54) is 6.26 Å². The molecule has 0 aliphatic rings. The lowest BCUT2D eigenvalue weighted by atomic mass is 10.2. The van der Waals surface area contributed by atoms with Crippen LogP contribution in [0.4, 0.5) is 0 Å². The van der Waals surface area contributed by atoms with E-state index in [0.717, 1.165) is 29.8 Å². The number of para-hydroxylation sites is 2. The summed E-state index contributed by atoms with van der Waals surface area (Å²) in [5.74, 6) is 1.56. The topological polar surface area (TPSA) is 60.1 Å². The van der Waals surface area contributed by atoms with Gasteiger partial charge in [-0.2, -0.15) is 0 Å². The van der Waals surface area contributed by atoms with Gasteiger partial charge in [-0.05, 0) is 38.5 Å². The number of carbonyl (C=O) groups is 1. The van der Waals surface area contributed by atoms with E-state index < -0.39 is 0 Å². The number of amides is 1. The SMILES string of the molecule is Cc1occc1C(=O)NCCCn1c(C)nc2ccccc21. The van der Waals surface area contributed by atoms with E-state index >= 15 is 0 Å². The molecule has 0 aliphatic carbocycles. The molecule has 0 fully saturated rings. The van der Waals surface area contributed by atoms with Gasteiger partial charge in [-0.1, -0.05) is 12.1 Å². The van der Waals surface area contributed by atoms with Crippen LogP contribution in [-0.2, 0) is 6.54 Å². The van der Waals surface area contributed by atoms with Crippen molar-refractivity contribution < 1.29 is 9.21 Å². The van der Waals surface area contributed by atoms with Crippen LogP contribution >= 0.6 is 0 Å². The van der Waals surface area contributed by atoms with E-state index in [9.17, 15) is 4.79 Å². The minimum Gasteiger partial charge on any atom is -0.469 e. The molecule has 1 aromatic carbocycles. The number of nitrogens with one attached hydrogen (secondary N) is 1. The summed E-state index contributed by atoms with van der Waals surface area (Å²) in [6, 6.07) is 9.79. The maximum atomic E-state index is 12.0. The smallest absolute Gasteiger partial charge is 0.254 e. The van der Waals surface area contributed by atoms with E-state index in [-0.39, 0.29) is 5.91 Å². The van der Waals surface area contributed by atoms with Gasteiger partial charge in [0.25, 0.3) is 5.91 Å². The summed E-state index contributed by atoms with van der Waals surface area (Å²) in [6.07, 6.45) is 2.38.